The Labute approximate surface area is 239 Å². The Hall–Kier alpha value is -2.79. The minimum absolute atomic E-state index is 0.0914. The summed E-state index contributed by atoms with van der Waals surface area (Å²) in [4.78, 5) is 28.2. The molecule has 1 saturated carbocycles. The molecule has 0 spiro atoms. The highest BCUT2D eigenvalue weighted by Gasteiger charge is 2.29. The van der Waals surface area contributed by atoms with Gasteiger partial charge in [-0.3, -0.25) is 13.9 Å². The summed E-state index contributed by atoms with van der Waals surface area (Å²) in [6.45, 7) is 2.98. The first-order valence-corrected chi connectivity index (χ1v) is 16.0. The molecule has 1 atom stereocenters. The molecule has 0 unspecified atom stereocenters. The first kappa shape index (κ1) is 29.2. The van der Waals surface area contributed by atoms with Gasteiger partial charge in [-0.25, -0.2) is 8.42 Å². The number of nitrogens with zero attached hydrogens (tertiary/aromatic N) is 2. The van der Waals surface area contributed by atoms with Gasteiger partial charge in [-0.1, -0.05) is 40.9 Å². The van der Waals surface area contributed by atoms with Crippen LogP contribution in [-0.4, -0.2) is 63.2 Å². The van der Waals surface area contributed by atoms with Crippen LogP contribution in [-0.2, 0) is 26.2 Å². The minimum atomic E-state index is -3.62. The van der Waals surface area contributed by atoms with Crippen LogP contribution < -0.4 is 19.1 Å². The molecule has 4 rings (SSSR count). The molecule has 1 N–H and O–H groups in total. The molecule has 0 radical (unpaired) electrons. The maximum atomic E-state index is 13.5. The molecule has 1 aliphatic heterocycles. The number of nitrogens with one attached hydrogen (secondary N) is 1. The third-order valence-electron chi connectivity index (χ3n) is 7.10. The Morgan fingerprint density at radius 1 is 1.05 bits per heavy atom. The maximum Gasteiger partial charge on any atom is 0.242 e. The van der Waals surface area contributed by atoms with Gasteiger partial charge in [0, 0.05) is 36.1 Å². The Kier molecular flexibility index (Phi) is 9.76. The highest BCUT2D eigenvalue weighted by molar-refractivity contribution is 9.10. The number of hydrogen-bond donors (Lipinski definition) is 1. The smallest absolute Gasteiger partial charge is 0.242 e. The monoisotopic (exact) mass is 621 g/mol. The van der Waals surface area contributed by atoms with Crippen molar-refractivity contribution in [3.05, 3.63) is 52.5 Å². The number of benzene rings is 2. The van der Waals surface area contributed by atoms with Gasteiger partial charge in [0.15, 0.2) is 11.5 Å². The van der Waals surface area contributed by atoms with E-state index in [1.165, 1.54) is 4.31 Å². The number of halogens is 1. The van der Waals surface area contributed by atoms with E-state index in [9.17, 15) is 18.0 Å². The van der Waals surface area contributed by atoms with Crippen molar-refractivity contribution in [1.82, 2.24) is 10.2 Å². The van der Waals surface area contributed by atoms with Crippen LogP contribution >= 0.6 is 15.9 Å². The average molecular weight is 623 g/mol. The third kappa shape index (κ3) is 7.88. The Morgan fingerprint density at radius 3 is 2.38 bits per heavy atom. The summed E-state index contributed by atoms with van der Waals surface area (Å²) in [6.07, 6.45) is 5.63. The van der Waals surface area contributed by atoms with Gasteiger partial charge in [0.1, 0.15) is 19.3 Å². The molecule has 1 fully saturated rings. The summed E-state index contributed by atoms with van der Waals surface area (Å²) >= 11 is 3.43. The van der Waals surface area contributed by atoms with Crippen LogP contribution in [0.3, 0.4) is 0 Å². The van der Waals surface area contributed by atoms with E-state index in [0.29, 0.717) is 30.4 Å². The molecular weight excluding hydrogens is 586 g/mol. The molecule has 2 aromatic rings. The summed E-state index contributed by atoms with van der Waals surface area (Å²) in [6, 6.07) is 12.1. The van der Waals surface area contributed by atoms with Crippen LogP contribution in [0.5, 0.6) is 11.5 Å². The normalized spacial score (nSPS) is 16.0. The SMILES string of the molecule is C[C@H](C(=O)NC1CCCC1)N(Cc1ccc(Br)cc1)C(=O)CCCN(c1ccc2c(c1)OCCO2)S(C)(=O)=O. The molecule has 2 aliphatic rings. The molecule has 2 amide bonds. The van der Waals surface area contributed by atoms with Crippen LogP contribution in [0, 0.1) is 0 Å². The van der Waals surface area contributed by atoms with Gasteiger partial charge >= 0.3 is 0 Å². The van der Waals surface area contributed by atoms with E-state index >= 15 is 0 Å². The molecular formula is C28H36BrN3O6S. The van der Waals surface area contributed by atoms with Crippen molar-refractivity contribution in [3.63, 3.8) is 0 Å². The van der Waals surface area contributed by atoms with Gasteiger partial charge in [-0.05, 0) is 56.0 Å². The molecule has 1 heterocycles. The zero-order chi connectivity index (χ0) is 28.0. The Morgan fingerprint density at radius 2 is 1.72 bits per heavy atom. The van der Waals surface area contributed by atoms with Crippen molar-refractivity contribution >= 4 is 43.5 Å². The van der Waals surface area contributed by atoms with Crippen molar-refractivity contribution in [2.75, 3.05) is 30.3 Å². The van der Waals surface area contributed by atoms with Crippen LogP contribution in [0.15, 0.2) is 46.9 Å². The quantitative estimate of drug-likeness (QED) is 0.402. The number of fused-ring (bicyclic) bond motifs is 1. The lowest BCUT2D eigenvalue weighted by Crippen LogP contribution is -2.49. The number of ether oxygens (including phenoxy) is 2. The predicted molar refractivity (Wildman–Crippen MR) is 153 cm³/mol. The molecule has 11 heteroatoms. The van der Waals surface area contributed by atoms with E-state index in [-0.39, 0.29) is 43.8 Å². The van der Waals surface area contributed by atoms with E-state index in [1.807, 2.05) is 24.3 Å². The molecule has 39 heavy (non-hydrogen) atoms. The number of rotatable bonds is 11. The second-order valence-corrected chi connectivity index (χ2v) is 12.9. The molecule has 1 aliphatic carbocycles. The zero-order valence-corrected chi connectivity index (χ0v) is 24.8. The first-order valence-electron chi connectivity index (χ1n) is 13.3. The fraction of sp³-hybridized carbons (Fsp3) is 0.500. The topological polar surface area (TPSA) is 105 Å². The highest BCUT2D eigenvalue weighted by atomic mass is 79.9. The van der Waals surface area contributed by atoms with Crippen molar-refractivity contribution in [3.8, 4) is 11.5 Å². The van der Waals surface area contributed by atoms with E-state index in [2.05, 4.69) is 21.2 Å². The standard InChI is InChI=1S/C28H36BrN3O6S/c1-20(28(34)30-23-6-3-4-7-23)31(19-21-9-11-22(29)12-10-21)27(33)8-5-15-32(39(2,35)36)24-13-14-25-26(18-24)38-17-16-37-25/h9-14,18,20,23H,3-8,15-17,19H2,1-2H3,(H,30,34)/t20-/m1/s1. The third-order valence-corrected chi connectivity index (χ3v) is 8.82. The largest absolute Gasteiger partial charge is 0.486 e. The Bertz CT molecular complexity index is 1260. The van der Waals surface area contributed by atoms with Gasteiger partial charge < -0.3 is 19.7 Å². The van der Waals surface area contributed by atoms with Crippen LogP contribution in [0.2, 0.25) is 0 Å². The zero-order valence-electron chi connectivity index (χ0n) is 22.4. The van der Waals surface area contributed by atoms with Gasteiger partial charge in [0.2, 0.25) is 21.8 Å². The number of anilines is 1. The van der Waals surface area contributed by atoms with Crippen molar-refractivity contribution in [2.45, 2.75) is 64.1 Å². The molecule has 0 bridgehead atoms. The first-order chi connectivity index (χ1) is 18.6. The molecule has 2 aromatic carbocycles. The lowest BCUT2D eigenvalue weighted by atomic mass is 10.1. The molecule has 0 aromatic heterocycles. The number of hydrogen-bond acceptors (Lipinski definition) is 6. The molecule has 9 nitrogen and oxygen atoms in total. The van der Waals surface area contributed by atoms with E-state index in [4.69, 9.17) is 9.47 Å². The summed E-state index contributed by atoms with van der Waals surface area (Å²) in [5.74, 6) is 0.692. The number of amides is 2. The fourth-order valence-corrected chi connectivity index (χ4v) is 6.17. The van der Waals surface area contributed by atoms with Crippen molar-refractivity contribution in [2.24, 2.45) is 0 Å². The van der Waals surface area contributed by atoms with Gasteiger partial charge in [-0.2, -0.15) is 0 Å². The van der Waals surface area contributed by atoms with E-state index in [1.54, 1.807) is 30.0 Å². The fourth-order valence-electron chi connectivity index (χ4n) is 4.95. The van der Waals surface area contributed by atoms with E-state index < -0.39 is 16.1 Å². The lowest BCUT2D eigenvalue weighted by Gasteiger charge is -2.30. The maximum absolute atomic E-state index is 13.5. The summed E-state index contributed by atoms with van der Waals surface area (Å²) in [5, 5.41) is 3.10. The van der Waals surface area contributed by atoms with Crippen molar-refractivity contribution in [1.29, 1.82) is 0 Å². The van der Waals surface area contributed by atoms with Gasteiger partial charge in [0.25, 0.3) is 0 Å². The summed E-state index contributed by atoms with van der Waals surface area (Å²) in [5.41, 5.74) is 1.35. The highest BCUT2D eigenvalue weighted by Crippen LogP contribution is 2.34. The van der Waals surface area contributed by atoms with Gasteiger partial charge in [-0.15, -0.1) is 0 Å². The molecule has 0 saturated heterocycles. The number of carbonyl (C=O) groups excluding carboxylic acids is 2. The average Bonchev–Trinajstić information content (AvgIpc) is 3.42. The van der Waals surface area contributed by atoms with Crippen LogP contribution in [0.25, 0.3) is 0 Å². The number of sulfonamides is 1. The summed E-state index contributed by atoms with van der Waals surface area (Å²) in [7, 11) is -3.62. The number of carbonyl (C=O) groups is 2. The second kappa shape index (κ2) is 13.0. The van der Waals surface area contributed by atoms with Crippen LogP contribution in [0.1, 0.15) is 51.0 Å². The van der Waals surface area contributed by atoms with Crippen LogP contribution in [0.4, 0.5) is 5.69 Å². The second-order valence-electron chi connectivity index (χ2n) is 10.1. The van der Waals surface area contributed by atoms with Gasteiger partial charge in [0.05, 0.1) is 11.9 Å². The molecule has 212 valence electrons. The predicted octanol–water partition coefficient (Wildman–Crippen LogP) is 4.24. The minimum Gasteiger partial charge on any atom is -0.486 e. The van der Waals surface area contributed by atoms with E-state index in [0.717, 1.165) is 42.0 Å². The van der Waals surface area contributed by atoms with Crippen molar-refractivity contribution < 1.29 is 27.5 Å². The summed E-state index contributed by atoms with van der Waals surface area (Å²) < 4.78 is 38.6. The lowest BCUT2D eigenvalue weighted by molar-refractivity contribution is -0.141. The Balaban J connectivity index is 1.45.